The van der Waals surface area contributed by atoms with Crippen molar-refractivity contribution in [2.75, 3.05) is 0 Å². The molecule has 4 atom stereocenters. The largest absolute Gasteiger partial charge is 0.305 e. The van der Waals surface area contributed by atoms with Crippen molar-refractivity contribution in [1.82, 2.24) is 0 Å². The Morgan fingerprint density at radius 2 is 1.88 bits per heavy atom. The number of rotatable bonds is 1. The van der Waals surface area contributed by atoms with E-state index in [0.717, 1.165) is 0 Å². The molecule has 0 unspecified atom stereocenters. The number of allylic oxidation sites excluding steroid dienone is 2. The van der Waals surface area contributed by atoms with Gasteiger partial charge in [-0.3, -0.25) is 0 Å². The minimum atomic E-state index is -1.72. The molecule has 1 aromatic rings. The third-order valence-corrected chi connectivity index (χ3v) is 5.48. The molecule has 0 saturated heterocycles. The van der Waals surface area contributed by atoms with Crippen molar-refractivity contribution < 1.29 is 4.39 Å². The number of nitriles is 3. The normalized spacial score (nSPS) is 30.2. The highest BCUT2D eigenvalue weighted by molar-refractivity contribution is 6.01. The number of nitrogens with zero attached hydrogens (tertiary/aromatic N) is 3. The maximum atomic E-state index is 14.5. The zero-order valence-electron chi connectivity index (χ0n) is 13.8. The maximum absolute atomic E-state index is 14.5. The van der Waals surface area contributed by atoms with Gasteiger partial charge >= 0.3 is 0 Å². The van der Waals surface area contributed by atoms with Gasteiger partial charge < -0.3 is 5.41 Å². The first-order chi connectivity index (χ1) is 12.0. The lowest BCUT2D eigenvalue weighted by molar-refractivity contribution is 0.294. The van der Waals surface area contributed by atoms with Crippen LogP contribution in [0.1, 0.15) is 31.2 Å². The molecular weight excluding hydrogens is 315 g/mol. The number of nitrogens with one attached hydrogen (secondary N) is 1. The summed E-state index contributed by atoms with van der Waals surface area (Å²) < 4.78 is 14.5. The lowest BCUT2D eigenvalue weighted by Gasteiger charge is -2.46. The summed E-state index contributed by atoms with van der Waals surface area (Å²) in [6, 6.07) is 12.3. The topological polar surface area (TPSA) is 95.2 Å². The number of hydrogen-bond acceptors (Lipinski definition) is 4. The number of halogens is 1. The summed E-state index contributed by atoms with van der Waals surface area (Å²) in [6.45, 7) is 2.06. The van der Waals surface area contributed by atoms with Crippen molar-refractivity contribution >= 4 is 5.71 Å². The predicted molar refractivity (Wildman–Crippen MR) is 89.6 cm³/mol. The van der Waals surface area contributed by atoms with Gasteiger partial charge in [-0.05, 0) is 41.9 Å². The van der Waals surface area contributed by atoms with E-state index < -0.39 is 23.1 Å². The molecule has 1 saturated carbocycles. The average molecular weight is 332 g/mol. The van der Waals surface area contributed by atoms with Crippen LogP contribution in [-0.4, -0.2) is 5.71 Å². The van der Waals surface area contributed by atoms with Crippen LogP contribution in [0.4, 0.5) is 4.39 Å². The van der Waals surface area contributed by atoms with E-state index in [4.69, 9.17) is 5.41 Å². The van der Waals surface area contributed by atoms with Gasteiger partial charge in [-0.15, -0.1) is 0 Å². The van der Waals surface area contributed by atoms with E-state index in [-0.39, 0.29) is 11.6 Å². The lowest BCUT2D eigenvalue weighted by atomic mass is 9.53. The van der Waals surface area contributed by atoms with Crippen molar-refractivity contribution in [3.63, 3.8) is 0 Å². The highest BCUT2D eigenvalue weighted by Gasteiger charge is 2.56. The molecule has 0 amide bonds. The fraction of sp³-hybridized carbons (Fsp3) is 0.400. The van der Waals surface area contributed by atoms with E-state index in [9.17, 15) is 20.2 Å². The molecule has 124 valence electrons. The quantitative estimate of drug-likeness (QED) is 0.785. The Balaban J connectivity index is 2.26. The molecule has 0 radical (unpaired) electrons. The molecule has 5 heteroatoms. The van der Waals surface area contributed by atoms with Crippen molar-refractivity contribution in [3.8, 4) is 18.2 Å². The standard InChI is InChI=1S/C20H17FN4/c1-12-6-7-16-14(8-12)18(13-4-2-3-5-17(13)21)15(9-22)19(25)20(16,10-23)11-24/h2-5,7,12,14-15,18,25H,6,8H2,1H3/t12-,14-,15+,18-/m0/s1. The third-order valence-electron chi connectivity index (χ3n) is 5.48. The third kappa shape index (κ3) is 2.34. The Bertz CT molecular complexity index is 866. The summed E-state index contributed by atoms with van der Waals surface area (Å²) in [4.78, 5) is 0. The van der Waals surface area contributed by atoms with Crippen LogP contribution < -0.4 is 0 Å². The molecule has 4 nitrogen and oxygen atoms in total. The van der Waals surface area contributed by atoms with Crippen LogP contribution in [0, 0.1) is 68.4 Å². The molecule has 0 aromatic heterocycles. The van der Waals surface area contributed by atoms with E-state index in [2.05, 4.69) is 13.0 Å². The van der Waals surface area contributed by atoms with Gasteiger partial charge in [0.2, 0.25) is 5.41 Å². The van der Waals surface area contributed by atoms with Gasteiger partial charge in [0, 0.05) is 5.92 Å². The molecule has 0 aliphatic heterocycles. The summed E-state index contributed by atoms with van der Waals surface area (Å²) in [5, 5.41) is 37.6. The highest BCUT2D eigenvalue weighted by Crippen LogP contribution is 2.55. The number of hydrogen-bond donors (Lipinski definition) is 1. The predicted octanol–water partition coefficient (Wildman–Crippen LogP) is 4.09. The van der Waals surface area contributed by atoms with Crippen LogP contribution in [0.5, 0.6) is 0 Å². The van der Waals surface area contributed by atoms with Crippen molar-refractivity contribution in [1.29, 1.82) is 21.2 Å². The highest BCUT2D eigenvalue weighted by atomic mass is 19.1. The molecule has 0 spiro atoms. The SMILES string of the molecule is C[C@H]1CC=C2[C@H](C1)[C@H](c1ccccc1F)[C@@H](C#N)C(=N)C2(C#N)C#N. The minimum absolute atomic E-state index is 0.231. The van der Waals surface area contributed by atoms with Gasteiger partial charge in [-0.2, -0.15) is 15.8 Å². The second-order valence-corrected chi connectivity index (χ2v) is 6.88. The van der Waals surface area contributed by atoms with E-state index >= 15 is 0 Å². The first-order valence-electron chi connectivity index (χ1n) is 8.26. The van der Waals surface area contributed by atoms with Crippen molar-refractivity contribution in [2.24, 2.45) is 23.2 Å². The van der Waals surface area contributed by atoms with Gasteiger partial charge in [0.05, 0.1) is 29.8 Å². The molecule has 25 heavy (non-hydrogen) atoms. The molecule has 3 rings (SSSR count). The van der Waals surface area contributed by atoms with Crippen LogP contribution in [0.25, 0.3) is 0 Å². The van der Waals surface area contributed by atoms with Gasteiger partial charge in [0.25, 0.3) is 0 Å². The van der Waals surface area contributed by atoms with Crippen LogP contribution in [0.3, 0.4) is 0 Å². The summed E-state index contributed by atoms with van der Waals surface area (Å²) >= 11 is 0. The first kappa shape index (κ1) is 16.9. The molecular formula is C20H17FN4. The molecule has 2 aliphatic carbocycles. The Labute approximate surface area is 146 Å². The van der Waals surface area contributed by atoms with Crippen LogP contribution in [-0.2, 0) is 0 Å². The van der Waals surface area contributed by atoms with Crippen LogP contribution in [0.2, 0.25) is 0 Å². The Morgan fingerprint density at radius 3 is 2.48 bits per heavy atom. The average Bonchev–Trinajstić information content (AvgIpc) is 2.62. The van der Waals surface area contributed by atoms with Crippen molar-refractivity contribution in [2.45, 2.75) is 25.7 Å². The molecule has 1 fully saturated rings. The second kappa shape index (κ2) is 6.15. The van der Waals surface area contributed by atoms with Gasteiger partial charge in [-0.1, -0.05) is 31.2 Å². The van der Waals surface area contributed by atoms with Crippen molar-refractivity contribution in [3.05, 3.63) is 47.3 Å². The molecule has 2 aliphatic rings. The van der Waals surface area contributed by atoms with Crippen LogP contribution in [0.15, 0.2) is 35.9 Å². The minimum Gasteiger partial charge on any atom is -0.305 e. The fourth-order valence-corrected chi connectivity index (χ4v) is 4.27. The van der Waals surface area contributed by atoms with Crippen LogP contribution >= 0.6 is 0 Å². The Morgan fingerprint density at radius 1 is 1.20 bits per heavy atom. The number of benzene rings is 1. The number of fused-ring (bicyclic) bond motifs is 1. The van der Waals surface area contributed by atoms with Gasteiger partial charge in [0.15, 0.2) is 0 Å². The summed E-state index contributed by atoms with van der Waals surface area (Å²) in [6.07, 6.45) is 3.24. The van der Waals surface area contributed by atoms with E-state index in [1.54, 1.807) is 18.2 Å². The maximum Gasteiger partial charge on any atom is 0.203 e. The van der Waals surface area contributed by atoms with Gasteiger partial charge in [-0.25, -0.2) is 4.39 Å². The molecule has 0 bridgehead atoms. The monoisotopic (exact) mass is 332 g/mol. The Kier molecular flexibility index (Phi) is 4.15. The van der Waals surface area contributed by atoms with E-state index in [1.165, 1.54) is 6.07 Å². The zero-order chi connectivity index (χ0) is 18.2. The smallest absolute Gasteiger partial charge is 0.203 e. The van der Waals surface area contributed by atoms with E-state index in [1.807, 2.05) is 18.2 Å². The van der Waals surface area contributed by atoms with E-state index in [0.29, 0.717) is 29.9 Å². The second-order valence-electron chi connectivity index (χ2n) is 6.88. The summed E-state index contributed by atoms with van der Waals surface area (Å²) in [5.41, 5.74) is -0.994. The fourth-order valence-electron chi connectivity index (χ4n) is 4.27. The molecule has 1 aromatic carbocycles. The van der Waals surface area contributed by atoms with Gasteiger partial charge in [0.1, 0.15) is 5.82 Å². The molecule has 0 heterocycles. The Hall–Kier alpha value is -2.97. The summed E-state index contributed by atoms with van der Waals surface area (Å²) in [7, 11) is 0. The summed E-state index contributed by atoms with van der Waals surface area (Å²) in [5.74, 6) is -1.95. The zero-order valence-corrected chi connectivity index (χ0v) is 13.8. The lowest BCUT2D eigenvalue weighted by Crippen LogP contribution is -2.48. The molecule has 1 N–H and O–H groups in total. The first-order valence-corrected chi connectivity index (χ1v) is 8.26.